The number of rotatable bonds is 6. The summed E-state index contributed by atoms with van der Waals surface area (Å²) in [7, 11) is 0. The third kappa shape index (κ3) is 4.84. The average molecular weight is 305 g/mol. The van der Waals surface area contributed by atoms with E-state index in [4.69, 9.17) is 5.11 Å². The number of carbonyl (C=O) groups excluding carboxylic acids is 1. The van der Waals surface area contributed by atoms with Crippen LogP contribution in [-0.2, 0) is 0 Å². The van der Waals surface area contributed by atoms with Gasteiger partial charge in [-0.1, -0.05) is 41.7 Å². The molecule has 0 spiro atoms. The second-order valence-electron chi connectivity index (χ2n) is 4.76. The summed E-state index contributed by atoms with van der Waals surface area (Å²) in [5, 5.41) is 14.9. The Morgan fingerprint density at radius 2 is 2.14 bits per heavy atom. The number of hydrogen-bond donors (Lipinski definition) is 3. The lowest BCUT2D eigenvalue weighted by atomic mass is 10.2. The van der Waals surface area contributed by atoms with Crippen LogP contribution in [-0.4, -0.2) is 28.8 Å². The first-order valence-corrected chi connectivity index (χ1v) is 7.70. The molecule has 0 saturated heterocycles. The highest BCUT2D eigenvalue weighted by Gasteiger charge is 2.10. The molecule has 5 nitrogen and oxygen atoms in total. The quantitative estimate of drug-likeness (QED) is 0.767. The second kappa shape index (κ2) is 7.75. The van der Waals surface area contributed by atoms with Crippen LogP contribution >= 0.6 is 11.3 Å². The van der Waals surface area contributed by atoms with E-state index in [2.05, 4.69) is 15.6 Å². The van der Waals surface area contributed by atoms with Crippen molar-refractivity contribution in [1.29, 1.82) is 0 Å². The van der Waals surface area contributed by atoms with Crippen LogP contribution in [0.4, 0.5) is 9.93 Å². The van der Waals surface area contributed by atoms with Crippen molar-refractivity contribution in [2.45, 2.75) is 25.8 Å². The van der Waals surface area contributed by atoms with Gasteiger partial charge in [-0.3, -0.25) is 5.32 Å². The van der Waals surface area contributed by atoms with E-state index in [1.54, 1.807) is 6.20 Å². The number of carbonyl (C=O) groups is 1. The van der Waals surface area contributed by atoms with Crippen LogP contribution in [0, 0.1) is 0 Å². The highest BCUT2D eigenvalue weighted by molar-refractivity contribution is 7.19. The van der Waals surface area contributed by atoms with Crippen LogP contribution in [0.15, 0.2) is 36.5 Å². The number of amides is 2. The van der Waals surface area contributed by atoms with Crippen LogP contribution in [0.5, 0.6) is 0 Å². The Kier molecular flexibility index (Phi) is 5.71. The van der Waals surface area contributed by atoms with Crippen molar-refractivity contribution in [1.82, 2.24) is 10.3 Å². The van der Waals surface area contributed by atoms with Crippen molar-refractivity contribution in [3.63, 3.8) is 0 Å². The number of thiazole rings is 1. The molecule has 0 radical (unpaired) electrons. The molecule has 3 N–H and O–H groups in total. The molecule has 2 aromatic rings. The minimum absolute atomic E-state index is 0.0192. The van der Waals surface area contributed by atoms with E-state index in [0.717, 1.165) is 16.9 Å². The van der Waals surface area contributed by atoms with Crippen LogP contribution in [0.1, 0.15) is 19.8 Å². The molecular formula is C15H19N3O2S. The smallest absolute Gasteiger partial charge is 0.321 e. The average Bonchev–Trinajstić information content (AvgIpc) is 2.94. The van der Waals surface area contributed by atoms with Crippen LogP contribution in [0.25, 0.3) is 10.4 Å². The Morgan fingerprint density at radius 3 is 2.86 bits per heavy atom. The summed E-state index contributed by atoms with van der Waals surface area (Å²) in [5.41, 5.74) is 1.08. The topological polar surface area (TPSA) is 74.2 Å². The van der Waals surface area contributed by atoms with Gasteiger partial charge in [0.25, 0.3) is 0 Å². The summed E-state index contributed by atoms with van der Waals surface area (Å²) in [5.74, 6) is 0. The lowest BCUT2D eigenvalue weighted by Gasteiger charge is -2.12. The molecule has 21 heavy (non-hydrogen) atoms. The number of anilines is 1. The predicted octanol–water partition coefficient (Wildman–Crippen LogP) is 3.09. The van der Waals surface area contributed by atoms with E-state index >= 15 is 0 Å². The van der Waals surface area contributed by atoms with Gasteiger partial charge in [-0.15, -0.1) is 0 Å². The first-order chi connectivity index (χ1) is 10.2. The fourth-order valence-corrected chi connectivity index (χ4v) is 2.71. The number of aliphatic hydroxyl groups is 1. The Bertz CT molecular complexity index is 571. The van der Waals surface area contributed by atoms with E-state index in [1.165, 1.54) is 11.3 Å². The number of benzene rings is 1. The van der Waals surface area contributed by atoms with Crippen molar-refractivity contribution in [2.24, 2.45) is 0 Å². The van der Waals surface area contributed by atoms with E-state index in [-0.39, 0.29) is 18.7 Å². The van der Waals surface area contributed by atoms with Crippen molar-refractivity contribution in [3.8, 4) is 10.4 Å². The Morgan fingerprint density at radius 1 is 1.38 bits per heavy atom. The molecule has 0 aliphatic rings. The number of nitrogens with one attached hydrogen (secondary N) is 2. The Labute approximate surface area is 128 Å². The van der Waals surface area contributed by atoms with Gasteiger partial charge in [0, 0.05) is 18.8 Å². The van der Waals surface area contributed by atoms with Crippen molar-refractivity contribution in [2.75, 3.05) is 11.9 Å². The normalized spacial score (nSPS) is 11.9. The largest absolute Gasteiger partial charge is 0.396 e. The second-order valence-corrected chi connectivity index (χ2v) is 5.79. The van der Waals surface area contributed by atoms with Crippen molar-refractivity contribution < 1.29 is 9.90 Å². The number of hydrogen-bond acceptors (Lipinski definition) is 4. The van der Waals surface area contributed by atoms with Crippen LogP contribution in [0.3, 0.4) is 0 Å². The Hall–Kier alpha value is -1.92. The molecule has 0 saturated carbocycles. The molecule has 1 aromatic heterocycles. The zero-order valence-corrected chi connectivity index (χ0v) is 12.7. The maximum atomic E-state index is 11.8. The molecule has 0 aliphatic heterocycles. The molecule has 0 fully saturated rings. The lowest BCUT2D eigenvalue weighted by molar-refractivity contribution is 0.245. The van der Waals surface area contributed by atoms with Gasteiger partial charge in [0.1, 0.15) is 0 Å². The molecule has 0 bridgehead atoms. The summed E-state index contributed by atoms with van der Waals surface area (Å²) in [6, 6.07) is 9.67. The zero-order chi connectivity index (χ0) is 15.1. The first-order valence-electron chi connectivity index (χ1n) is 6.88. The molecule has 112 valence electrons. The minimum Gasteiger partial charge on any atom is -0.396 e. The predicted molar refractivity (Wildman–Crippen MR) is 85.5 cm³/mol. The number of urea groups is 1. The monoisotopic (exact) mass is 305 g/mol. The summed E-state index contributed by atoms with van der Waals surface area (Å²) in [6.45, 7) is 2.05. The third-order valence-corrected chi connectivity index (χ3v) is 3.92. The molecule has 0 unspecified atom stereocenters. The van der Waals surface area contributed by atoms with Gasteiger partial charge in [-0.05, 0) is 25.3 Å². The summed E-state index contributed by atoms with van der Waals surface area (Å²) in [4.78, 5) is 17.0. The van der Waals surface area contributed by atoms with E-state index < -0.39 is 0 Å². The fourth-order valence-electron chi connectivity index (χ4n) is 1.89. The van der Waals surface area contributed by atoms with E-state index in [9.17, 15) is 4.79 Å². The summed E-state index contributed by atoms with van der Waals surface area (Å²) in [6.07, 6.45) is 3.18. The molecular weight excluding hydrogens is 286 g/mol. The third-order valence-electron chi connectivity index (χ3n) is 2.96. The van der Waals surface area contributed by atoms with Gasteiger partial charge in [0.05, 0.1) is 4.88 Å². The van der Waals surface area contributed by atoms with Crippen molar-refractivity contribution in [3.05, 3.63) is 36.5 Å². The van der Waals surface area contributed by atoms with E-state index in [1.807, 2.05) is 37.3 Å². The van der Waals surface area contributed by atoms with Gasteiger partial charge >= 0.3 is 6.03 Å². The van der Waals surface area contributed by atoms with Gasteiger partial charge < -0.3 is 10.4 Å². The molecule has 6 heteroatoms. The van der Waals surface area contributed by atoms with Crippen LogP contribution < -0.4 is 10.6 Å². The number of aromatic nitrogens is 1. The SMILES string of the molecule is C[C@H](CCCO)NC(=O)Nc1ncc(-c2ccccc2)s1. The number of aliphatic hydroxyl groups excluding tert-OH is 1. The maximum Gasteiger partial charge on any atom is 0.321 e. The summed E-state index contributed by atoms with van der Waals surface area (Å²) >= 11 is 1.44. The fraction of sp³-hybridized carbons (Fsp3) is 0.333. The molecule has 2 rings (SSSR count). The highest BCUT2D eigenvalue weighted by Crippen LogP contribution is 2.28. The molecule has 1 atom stereocenters. The van der Waals surface area contributed by atoms with Crippen molar-refractivity contribution >= 4 is 22.5 Å². The van der Waals surface area contributed by atoms with Gasteiger partial charge in [0.15, 0.2) is 5.13 Å². The molecule has 1 heterocycles. The Balaban J connectivity index is 1.89. The summed E-state index contributed by atoms with van der Waals surface area (Å²) < 4.78 is 0. The minimum atomic E-state index is -0.269. The standard InChI is InChI=1S/C15H19N3O2S/c1-11(6-5-9-19)17-14(20)18-15-16-10-13(21-15)12-7-3-2-4-8-12/h2-4,7-8,10-11,19H,5-6,9H2,1H3,(H2,16,17,18,20)/t11-/m1/s1. The van der Waals surface area contributed by atoms with Crippen LogP contribution in [0.2, 0.25) is 0 Å². The lowest BCUT2D eigenvalue weighted by Crippen LogP contribution is -2.36. The highest BCUT2D eigenvalue weighted by atomic mass is 32.1. The van der Waals surface area contributed by atoms with Gasteiger partial charge in [0.2, 0.25) is 0 Å². The molecule has 0 aliphatic carbocycles. The molecule has 2 amide bonds. The zero-order valence-electron chi connectivity index (χ0n) is 11.9. The maximum absolute atomic E-state index is 11.8. The molecule has 1 aromatic carbocycles. The van der Waals surface area contributed by atoms with Gasteiger partial charge in [-0.25, -0.2) is 9.78 Å². The number of nitrogens with zero attached hydrogens (tertiary/aromatic N) is 1. The van der Waals surface area contributed by atoms with Gasteiger partial charge in [-0.2, -0.15) is 0 Å². The first kappa shape index (κ1) is 15.5. The van der Waals surface area contributed by atoms with E-state index in [0.29, 0.717) is 11.6 Å².